The van der Waals surface area contributed by atoms with Crippen LogP contribution in [0.3, 0.4) is 0 Å². The molecular formula is C22H24ClN3O2. The molecule has 146 valence electrons. The number of benzene rings is 2. The number of carbonyl (C=O) groups excluding carboxylic acids is 1. The number of carbonyl (C=O) groups is 1. The summed E-state index contributed by atoms with van der Waals surface area (Å²) >= 11 is 6.11. The Balaban J connectivity index is 1.71. The van der Waals surface area contributed by atoms with E-state index in [-0.39, 0.29) is 6.03 Å². The lowest BCUT2D eigenvalue weighted by molar-refractivity contribution is 0.251. The molecule has 0 saturated carbocycles. The summed E-state index contributed by atoms with van der Waals surface area (Å²) in [6, 6.07) is 15.2. The molecule has 0 aliphatic rings. The van der Waals surface area contributed by atoms with Gasteiger partial charge in [-0.05, 0) is 74.4 Å². The van der Waals surface area contributed by atoms with Gasteiger partial charge in [0.25, 0.3) is 0 Å². The molecule has 1 heterocycles. The fraction of sp³-hybridized carbons (Fsp3) is 0.227. The van der Waals surface area contributed by atoms with E-state index in [9.17, 15) is 4.79 Å². The molecule has 0 atom stereocenters. The van der Waals surface area contributed by atoms with Crippen LogP contribution >= 0.6 is 11.6 Å². The number of halogens is 1. The topological polar surface area (TPSA) is 55.3 Å². The summed E-state index contributed by atoms with van der Waals surface area (Å²) < 4.78 is 7.39. The highest BCUT2D eigenvalue weighted by Gasteiger charge is 2.12. The van der Waals surface area contributed by atoms with Gasteiger partial charge in [-0.2, -0.15) is 0 Å². The van der Waals surface area contributed by atoms with Gasteiger partial charge in [0.15, 0.2) is 0 Å². The van der Waals surface area contributed by atoms with Crippen LogP contribution in [0, 0.1) is 20.8 Å². The quantitative estimate of drug-likeness (QED) is 0.606. The van der Waals surface area contributed by atoms with Crippen molar-refractivity contribution in [2.45, 2.75) is 27.3 Å². The van der Waals surface area contributed by atoms with Gasteiger partial charge in [-0.25, -0.2) is 4.79 Å². The molecule has 5 nitrogen and oxygen atoms in total. The van der Waals surface area contributed by atoms with Gasteiger partial charge in [0.1, 0.15) is 5.75 Å². The van der Waals surface area contributed by atoms with Crippen LogP contribution in [-0.2, 0) is 6.54 Å². The molecule has 0 radical (unpaired) electrons. The van der Waals surface area contributed by atoms with E-state index in [0.29, 0.717) is 17.3 Å². The zero-order valence-corrected chi connectivity index (χ0v) is 17.2. The van der Waals surface area contributed by atoms with Crippen molar-refractivity contribution < 1.29 is 9.53 Å². The third kappa shape index (κ3) is 4.15. The molecule has 6 heteroatoms. The van der Waals surface area contributed by atoms with Crippen LogP contribution < -0.4 is 15.4 Å². The first-order chi connectivity index (χ1) is 13.4. The number of aryl methyl sites for hydroxylation is 1. The predicted octanol–water partition coefficient (Wildman–Crippen LogP) is 5.39. The number of urea groups is 1. The molecule has 0 aliphatic heterocycles. The Labute approximate surface area is 170 Å². The van der Waals surface area contributed by atoms with Crippen molar-refractivity contribution in [3.05, 3.63) is 76.1 Å². The highest BCUT2D eigenvalue weighted by molar-refractivity contribution is 6.31. The smallest absolute Gasteiger partial charge is 0.319 e. The van der Waals surface area contributed by atoms with Gasteiger partial charge in [-0.15, -0.1) is 0 Å². The van der Waals surface area contributed by atoms with E-state index in [1.807, 2.05) is 50.2 Å². The van der Waals surface area contributed by atoms with Gasteiger partial charge in [0, 0.05) is 34.3 Å². The first-order valence-electron chi connectivity index (χ1n) is 9.03. The molecule has 0 unspecified atom stereocenters. The zero-order chi connectivity index (χ0) is 20.3. The molecule has 2 amide bonds. The zero-order valence-electron chi connectivity index (χ0n) is 16.5. The van der Waals surface area contributed by atoms with Crippen LogP contribution in [0.25, 0.3) is 5.69 Å². The van der Waals surface area contributed by atoms with Crippen molar-refractivity contribution in [1.29, 1.82) is 0 Å². The summed E-state index contributed by atoms with van der Waals surface area (Å²) in [7, 11) is 1.65. The van der Waals surface area contributed by atoms with Crippen LogP contribution in [0.1, 0.15) is 22.5 Å². The molecule has 1 aromatic heterocycles. The highest BCUT2D eigenvalue weighted by atomic mass is 35.5. The first-order valence-corrected chi connectivity index (χ1v) is 9.40. The maximum atomic E-state index is 12.3. The fourth-order valence-corrected chi connectivity index (χ4v) is 3.40. The molecule has 0 saturated heterocycles. The molecule has 2 aromatic carbocycles. The maximum Gasteiger partial charge on any atom is 0.319 e. The Morgan fingerprint density at radius 1 is 1.11 bits per heavy atom. The summed E-state index contributed by atoms with van der Waals surface area (Å²) in [5, 5.41) is 6.40. The molecule has 2 N–H and O–H groups in total. The van der Waals surface area contributed by atoms with E-state index in [2.05, 4.69) is 28.2 Å². The molecule has 28 heavy (non-hydrogen) atoms. The normalized spacial score (nSPS) is 10.6. The Hall–Kier alpha value is -2.92. The van der Waals surface area contributed by atoms with E-state index in [4.69, 9.17) is 16.3 Å². The number of rotatable bonds is 5. The van der Waals surface area contributed by atoms with E-state index < -0.39 is 0 Å². The largest absolute Gasteiger partial charge is 0.497 e. The highest BCUT2D eigenvalue weighted by Crippen LogP contribution is 2.24. The van der Waals surface area contributed by atoms with E-state index in [1.165, 1.54) is 0 Å². The monoisotopic (exact) mass is 397 g/mol. The second-order valence-corrected chi connectivity index (χ2v) is 7.06. The first kappa shape index (κ1) is 19.8. The average Bonchev–Trinajstić information content (AvgIpc) is 2.97. The third-order valence-corrected chi connectivity index (χ3v) is 5.23. The lowest BCUT2D eigenvalue weighted by atomic mass is 10.2. The van der Waals surface area contributed by atoms with Gasteiger partial charge < -0.3 is 19.9 Å². The van der Waals surface area contributed by atoms with Crippen molar-refractivity contribution in [2.24, 2.45) is 0 Å². The number of nitrogens with one attached hydrogen (secondary N) is 2. The van der Waals surface area contributed by atoms with Crippen LogP contribution in [0.4, 0.5) is 10.5 Å². The van der Waals surface area contributed by atoms with Crippen LogP contribution in [0.5, 0.6) is 5.75 Å². The van der Waals surface area contributed by atoms with Crippen LogP contribution in [0.15, 0.2) is 48.5 Å². The minimum atomic E-state index is -0.264. The molecule has 3 aromatic rings. The van der Waals surface area contributed by atoms with Gasteiger partial charge in [0.05, 0.1) is 7.11 Å². The Kier molecular flexibility index (Phi) is 5.95. The van der Waals surface area contributed by atoms with E-state index >= 15 is 0 Å². The third-order valence-electron chi connectivity index (χ3n) is 4.82. The summed E-state index contributed by atoms with van der Waals surface area (Å²) in [4.78, 5) is 12.3. The number of ether oxygens (including phenoxy) is 1. The van der Waals surface area contributed by atoms with Crippen LogP contribution in [-0.4, -0.2) is 17.7 Å². The number of hydrogen-bond acceptors (Lipinski definition) is 2. The molecular weight excluding hydrogens is 374 g/mol. The minimum Gasteiger partial charge on any atom is -0.497 e. The van der Waals surface area contributed by atoms with Crippen molar-refractivity contribution in [2.75, 3.05) is 12.4 Å². The van der Waals surface area contributed by atoms with Crippen molar-refractivity contribution >= 4 is 23.3 Å². The summed E-state index contributed by atoms with van der Waals surface area (Å²) in [5.74, 6) is 0.820. The average molecular weight is 398 g/mol. The van der Waals surface area contributed by atoms with E-state index in [1.54, 1.807) is 13.2 Å². The number of anilines is 1. The number of methoxy groups -OCH3 is 1. The Morgan fingerprint density at radius 3 is 2.50 bits per heavy atom. The van der Waals surface area contributed by atoms with Crippen molar-refractivity contribution in [3.8, 4) is 11.4 Å². The van der Waals surface area contributed by atoms with Gasteiger partial charge >= 0.3 is 6.03 Å². The van der Waals surface area contributed by atoms with Gasteiger partial charge in [-0.3, -0.25) is 0 Å². The second-order valence-electron chi connectivity index (χ2n) is 6.65. The minimum absolute atomic E-state index is 0.264. The molecule has 0 bridgehead atoms. The fourth-order valence-electron chi connectivity index (χ4n) is 3.22. The lowest BCUT2D eigenvalue weighted by Crippen LogP contribution is -2.28. The Morgan fingerprint density at radius 2 is 1.82 bits per heavy atom. The summed E-state index contributed by atoms with van der Waals surface area (Å²) in [6.07, 6.45) is 0. The summed E-state index contributed by atoms with van der Waals surface area (Å²) in [6.45, 7) is 6.41. The number of hydrogen-bond donors (Lipinski definition) is 2. The molecule has 0 spiro atoms. The van der Waals surface area contributed by atoms with Crippen LogP contribution in [0.2, 0.25) is 5.02 Å². The molecule has 0 fully saturated rings. The molecule has 0 aliphatic carbocycles. The molecule has 3 rings (SSSR count). The van der Waals surface area contributed by atoms with Crippen molar-refractivity contribution in [1.82, 2.24) is 9.88 Å². The number of amides is 2. The Bertz CT molecular complexity index is 994. The predicted molar refractivity (Wildman–Crippen MR) is 114 cm³/mol. The number of nitrogens with zero attached hydrogens (tertiary/aromatic N) is 1. The van der Waals surface area contributed by atoms with Crippen molar-refractivity contribution in [3.63, 3.8) is 0 Å². The van der Waals surface area contributed by atoms with Gasteiger partial charge in [0.2, 0.25) is 0 Å². The lowest BCUT2D eigenvalue weighted by Gasteiger charge is -2.12. The SMILES string of the molecule is COc1ccc(-n2c(C)cc(CNC(=O)Nc3cccc(Cl)c3C)c2C)cc1. The summed E-state index contributed by atoms with van der Waals surface area (Å²) in [5.41, 5.74) is 5.85. The second kappa shape index (κ2) is 8.40. The number of aromatic nitrogens is 1. The maximum absolute atomic E-state index is 12.3. The van der Waals surface area contributed by atoms with E-state index in [0.717, 1.165) is 34.0 Å². The van der Waals surface area contributed by atoms with Gasteiger partial charge in [-0.1, -0.05) is 17.7 Å². The standard InChI is InChI=1S/C22H24ClN3O2/c1-14-12-17(16(3)26(14)18-8-10-19(28-4)11-9-18)13-24-22(27)25-21-7-5-6-20(23)15(21)2/h5-12H,13H2,1-4H3,(H2,24,25,27).